The van der Waals surface area contributed by atoms with E-state index in [1.54, 1.807) is 25.1 Å². The summed E-state index contributed by atoms with van der Waals surface area (Å²) in [6.07, 6.45) is 3.08. The molecule has 18 heavy (non-hydrogen) atoms. The van der Waals surface area contributed by atoms with Crippen LogP contribution < -0.4 is 5.32 Å². The van der Waals surface area contributed by atoms with Crippen molar-refractivity contribution in [3.63, 3.8) is 0 Å². The minimum absolute atomic E-state index is 0.346. The van der Waals surface area contributed by atoms with Crippen LogP contribution in [0.1, 0.15) is 18.1 Å². The molecular formula is C14H16N2O2. The fourth-order valence-corrected chi connectivity index (χ4v) is 1.40. The molecule has 0 fully saturated rings. The predicted molar refractivity (Wildman–Crippen MR) is 70.2 cm³/mol. The lowest BCUT2D eigenvalue weighted by Crippen LogP contribution is -2.03. The van der Waals surface area contributed by atoms with Crippen molar-refractivity contribution in [1.82, 2.24) is 0 Å². The third-order valence-corrected chi connectivity index (χ3v) is 2.32. The summed E-state index contributed by atoms with van der Waals surface area (Å²) in [5.41, 5.74) is 2.55. The van der Waals surface area contributed by atoms with Gasteiger partial charge >= 0.3 is 5.97 Å². The maximum atomic E-state index is 11.0. The Balaban J connectivity index is 2.54. The van der Waals surface area contributed by atoms with Crippen molar-refractivity contribution in [1.29, 1.82) is 5.26 Å². The van der Waals surface area contributed by atoms with E-state index in [4.69, 9.17) is 10.00 Å². The van der Waals surface area contributed by atoms with Gasteiger partial charge in [0, 0.05) is 18.3 Å². The Morgan fingerprint density at radius 2 is 2.33 bits per heavy atom. The molecule has 0 atom stereocenters. The zero-order valence-electron chi connectivity index (χ0n) is 10.6. The molecule has 1 N–H and O–H groups in total. The molecule has 1 aromatic carbocycles. The number of hydrogen-bond acceptors (Lipinski definition) is 4. The van der Waals surface area contributed by atoms with Gasteiger partial charge in [-0.05, 0) is 31.5 Å². The molecule has 0 aliphatic carbocycles. The second kappa shape index (κ2) is 7.13. The average molecular weight is 244 g/mol. The molecule has 0 saturated carbocycles. The molecule has 4 nitrogen and oxygen atoms in total. The van der Waals surface area contributed by atoms with Crippen molar-refractivity contribution in [2.75, 3.05) is 18.5 Å². The minimum Gasteiger partial charge on any atom is -0.463 e. The second-order valence-electron chi connectivity index (χ2n) is 3.68. The highest BCUT2D eigenvalue weighted by Gasteiger charge is 1.98. The molecule has 0 amide bonds. The zero-order chi connectivity index (χ0) is 13.4. The molecule has 0 aliphatic rings. The molecule has 0 bridgehead atoms. The van der Waals surface area contributed by atoms with Crippen LogP contribution in [-0.2, 0) is 9.53 Å². The van der Waals surface area contributed by atoms with E-state index in [1.165, 1.54) is 6.08 Å². The number of carbonyl (C=O) groups excluding carboxylic acids is 1. The van der Waals surface area contributed by atoms with Crippen LogP contribution in [0.25, 0.3) is 0 Å². The Morgan fingerprint density at radius 3 is 3.00 bits per heavy atom. The van der Waals surface area contributed by atoms with Crippen LogP contribution in [-0.4, -0.2) is 19.1 Å². The zero-order valence-corrected chi connectivity index (χ0v) is 10.6. The summed E-state index contributed by atoms with van der Waals surface area (Å²) >= 11 is 0. The molecule has 0 spiro atoms. The van der Waals surface area contributed by atoms with Crippen molar-refractivity contribution in [3.05, 3.63) is 41.5 Å². The lowest BCUT2D eigenvalue weighted by Gasteiger charge is -2.07. The Morgan fingerprint density at radius 1 is 1.56 bits per heavy atom. The molecule has 4 heteroatoms. The molecule has 1 aromatic rings. The van der Waals surface area contributed by atoms with Crippen molar-refractivity contribution in [2.45, 2.75) is 13.8 Å². The molecule has 0 saturated heterocycles. The number of carbonyl (C=O) groups is 1. The van der Waals surface area contributed by atoms with Gasteiger partial charge in [-0.25, -0.2) is 4.79 Å². The van der Waals surface area contributed by atoms with E-state index >= 15 is 0 Å². The van der Waals surface area contributed by atoms with Gasteiger partial charge in [0.25, 0.3) is 0 Å². The van der Waals surface area contributed by atoms with Crippen molar-refractivity contribution < 1.29 is 9.53 Å². The van der Waals surface area contributed by atoms with E-state index in [-0.39, 0.29) is 5.97 Å². The van der Waals surface area contributed by atoms with Crippen LogP contribution in [0.3, 0.4) is 0 Å². The topological polar surface area (TPSA) is 62.1 Å². The fourth-order valence-electron chi connectivity index (χ4n) is 1.40. The van der Waals surface area contributed by atoms with Gasteiger partial charge in [0.15, 0.2) is 0 Å². The number of hydrogen-bond donors (Lipinski definition) is 1. The monoisotopic (exact) mass is 244 g/mol. The smallest absolute Gasteiger partial charge is 0.330 e. The van der Waals surface area contributed by atoms with Gasteiger partial charge in [0.05, 0.1) is 18.2 Å². The third-order valence-electron chi connectivity index (χ3n) is 2.32. The average Bonchev–Trinajstić information content (AvgIpc) is 2.37. The summed E-state index contributed by atoms with van der Waals surface area (Å²) in [6.45, 7) is 4.60. The summed E-state index contributed by atoms with van der Waals surface area (Å²) < 4.78 is 4.76. The fraction of sp³-hybridized carbons (Fsp3) is 0.286. The Labute approximate surface area is 107 Å². The summed E-state index contributed by atoms with van der Waals surface area (Å²) in [6, 6.07) is 7.53. The van der Waals surface area contributed by atoms with E-state index in [0.29, 0.717) is 18.7 Å². The number of rotatable bonds is 5. The first-order chi connectivity index (χ1) is 8.67. The lowest BCUT2D eigenvalue weighted by atomic mass is 10.1. The summed E-state index contributed by atoms with van der Waals surface area (Å²) in [5.74, 6) is -0.346. The first kappa shape index (κ1) is 13.8. The molecule has 0 aromatic heterocycles. The Kier molecular flexibility index (Phi) is 5.46. The number of ether oxygens (including phenoxy) is 1. The molecular weight excluding hydrogens is 228 g/mol. The maximum Gasteiger partial charge on any atom is 0.330 e. The van der Waals surface area contributed by atoms with Crippen molar-refractivity contribution >= 4 is 11.7 Å². The maximum absolute atomic E-state index is 11.0. The van der Waals surface area contributed by atoms with Gasteiger partial charge in [0.2, 0.25) is 0 Å². The summed E-state index contributed by atoms with van der Waals surface area (Å²) in [7, 11) is 0. The highest BCUT2D eigenvalue weighted by atomic mass is 16.5. The van der Waals surface area contributed by atoms with Gasteiger partial charge in [0.1, 0.15) is 0 Å². The van der Waals surface area contributed by atoms with Crippen LogP contribution in [0.5, 0.6) is 0 Å². The van der Waals surface area contributed by atoms with Crippen molar-refractivity contribution in [2.24, 2.45) is 0 Å². The predicted octanol–water partition coefficient (Wildman–Crippen LogP) is 2.40. The van der Waals surface area contributed by atoms with Crippen LogP contribution in [0.2, 0.25) is 0 Å². The van der Waals surface area contributed by atoms with Gasteiger partial charge in [-0.1, -0.05) is 12.1 Å². The largest absolute Gasteiger partial charge is 0.463 e. The van der Waals surface area contributed by atoms with E-state index in [9.17, 15) is 4.79 Å². The van der Waals surface area contributed by atoms with Crippen LogP contribution in [0.4, 0.5) is 5.69 Å². The molecule has 1 rings (SSSR count). The van der Waals surface area contributed by atoms with E-state index in [1.807, 2.05) is 13.0 Å². The first-order valence-electron chi connectivity index (χ1n) is 5.75. The second-order valence-corrected chi connectivity index (χ2v) is 3.68. The highest BCUT2D eigenvalue weighted by Crippen LogP contribution is 2.15. The van der Waals surface area contributed by atoms with E-state index < -0.39 is 0 Å². The molecule has 0 heterocycles. The SMILES string of the molecule is CCOC(=O)/C=C/CNc1cc(C#N)ccc1C. The van der Waals surface area contributed by atoms with Crippen LogP contribution in [0.15, 0.2) is 30.4 Å². The molecule has 0 aliphatic heterocycles. The highest BCUT2D eigenvalue weighted by molar-refractivity contribution is 5.81. The Hall–Kier alpha value is -2.28. The van der Waals surface area contributed by atoms with Crippen LogP contribution in [0, 0.1) is 18.3 Å². The number of anilines is 1. The lowest BCUT2D eigenvalue weighted by molar-refractivity contribution is -0.137. The molecule has 0 radical (unpaired) electrons. The standard InChI is InChI=1S/C14H16N2O2/c1-3-18-14(17)5-4-8-16-13-9-12(10-15)7-6-11(13)2/h4-7,9,16H,3,8H2,1-2H3/b5-4+. The molecule has 0 unspecified atom stereocenters. The first-order valence-corrected chi connectivity index (χ1v) is 5.75. The van der Waals surface area contributed by atoms with E-state index in [0.717, 1.165) is 11.3 Å². The number of benzene rings is 1. The van der Waals surface area contributed by atoms with E-state index in [2.05, 4.69) is 11.4 Å². The van der Waals surface area contributed by atoms with Gasteiger partial charge in [-0.3, -0.25) is 0 Å². The number of nitriles is 1. The summed E-state index contributed by atoms with van der Waals surface area (Å²) in [5, 5.41) is 11.9. The minimum atomic E-state index is -0.346. The summed E-state index contributed by atoms with van der Waals surface area (Å²) in [4.78, 5) is 11.0. The normalized spacial score (nSPS) is 10.1. The van der Waals surface area contributed by atoms with Crippen LogP contribution >= 0.6 is 0 Å². The van der Waals surface area contributed by atoms with Gasteiger partial charge in [-0.15, -0.1) is 0 Å². The molecule has 94 valence electrons. The number of nitrogens with one attached hydrogen (secondary N) is 1. The number of nitrogens with zero attached hydrogens (tertiary/aromatic N) is 1. The number of aryl methyl sites for hydroxylation is 1. The van der Waals surface area contributed by atoms with Gasteiger partial charge < -0.3 is 10.1 Å². The van der Waals surface area contributed by atoms with Gasteiger partial charge in [-0.2, -0.15) is 5.26 Å². The number of esters is 1. The van der Waals surface area contributed by atoms with Crippen molar-refractivity contribution in [3.8, 4) is 6.07 Å². The third kappa shape index (κ3) is 4.30. The Bertz CT molecular complexity index is 487. The quantitative estimate of drug-likeness (QED) is 0.638.